The lowest BCUT2D eigenvalue weighted by molar-refractivity contribution is -0.174. The van der Waals surface area contributed by atoms with E-state index in [4.69, 9.17) is 9.47 Å². The Labute approximate surface area is 182 Å². The van der Waals surface area contributed by atoms with Gasteiger partial charge in [0.25, 0.3) is 0 Å². The van der Waals surface area contributed by atoms with Crippen LogP contribution < -0.4 is 0 Å². The number of carbonyl (C=O) groups excluding carboxylic acids is 3. The number of piperidine rings is 1. The van der Waals surface area contributed by atoms with Gasteiger partial charge in [-0.15, -0.1) is 0 Å². The first-order chi connectivity index (χ1) is 15.0. The highest BCUT2D eigenvalue weighted by molar-refractivity contribution is 6.08. The lowest BCUT2D eigenvalue weighted by Crippen LogP contribution is -2.61. The molecule has 4 rings (SSSR count). The van der Waals surface area contributed by atoms with E-state index in [1.165, 1.54) is 7.11 Å². The Morgan fingerprint density at radius 1 is 1.00 bits per heavy atom. The van der Waals surface area contributed by atoms with Gasteiger partial charge in [-0.05, 0) is 24.0 Å². The maximum atomic E-state index is 13.2. The summed E-state index contributed by atoms with van der Waals surface area (Å²) in [6, 6.07) is 19.0. The number of ketones is 1. The Kier molecular flexibility index (Phi) is 6.18. The Morgan fingerprint density at radius 2 is 1.65 bits per heavy atom. The van der Waals surface area contributed by atoms with Gasteiger partial charge in [0.1, 0.15) is 6.61 Å². The van der Waals surface area contributed by atoms with Crippen molar-refractivity contribution in [1.29, 1.82) is 0 Å². The topological polar surface area (TPSA) is 72.9 Å². The van der Waals surface area contributed by atoms with Crippen molar-refractivity contribution in [2.75, 3.05) is 7.11 Å². The molecule has 6 heteroatoms. The van der Waals surface area contributed by atoms with Gasteiger partial charge >= 0.3 is 11.9 Å². The number of hydrogen-bond donors (Lipinski definition) is 0. The molecule has 0 aromatic heterocycles. The van der Waals surface area contributed by atoms with Crippen LogP contribution in [0.1, 0.15) is 36.8 Å². The number of esters is 2. The van der Waals surface area contributed by atoms with Crippen LogP contribution in [0, 0.1) is 5.41 Å². The molecule has 0 saturated carbocycles. The maximum Gasteiger partial charge on any atom is 0.321 e. The minimum Gasteiger partial charge on any atom is -0.468 e. The van der Waals surface area contributed by atoms with Crippen LogP contribution in [0.3, 0.4) is 0 Å². The fraction of sp³-hybridized carbons (Fsp3) is 0.400. The molecule has 2 aromatic carbocycles. The molecule has 0 amide bonds. The zero-order valence-corrected chi connectivity index (χ0v) is 17.7. The van der Waals surface area contributed by atoms with Crippen molar-refractivity contribution in [3.05, 3.63) is 71.8 Å². The molecule has 2 aliphatic rings. The monoisotopic (exact) mass is 421 g/mol. The number of hydrogen-bond acceptors (Lipinski definition) is 6. The first-order valence-corrected chi connectivity index (χ1v) is 10.7. The average molecular weight is 421 g/mol. The summed E-state index contributed by atoms with van der Waals surface area (Å²) < 4.78 is 10.5. The van der Waals surface area contributed by atoms with Gasteiger partial charge in [0.2, 0.25) is 0 Å². The molecule has 0 unspecified atom stereocenters. The summed E-state index contributed by atoms with van der Waals surface area (Å²) in [5.41, 5.74) is 0.438. The number of rotatable bonds is 7. The lowest BCUT2D eigenvalue weighted by atomic mass is 9.70. The third-order valence-corrected chi connectivity index (χ3v) is 6.55. The number of nitrogens with zero attached hydrogens (tertiary/aromatic N) is 1. The molecule has 0 spiro atoms. The van der Waals surface area contributed by atoms with Gasteiger partial charge in [0.05, 0.1) is 13.5 Å². The Balaban J connectivity index is 1.57. The fourth-order valence-corrected chi connectivity index (χ4v) is 5.04. The van der Waals surface area contributed by atoms with Crippen molar-refractivity contribution in [2.45, 2.75) is 50.9 Å². The van der Waals surface area contributed by atoms with Crippen LogP contribution >= 0.6 is 0 Å². The normalized spacial score (nSPS) is 25.3. The van der Waals surface area contributed by atoms with Crippen LogP contribution in [0.2, 0.25) is 0 Å². The largest absolute Gasteiger partial charge is 0.468 e. The summed E-state index contributed by atoms with van der Waals surface area (Å²) in [5, 5.41) is 0. The molecule has 162 valence electrons. The molecule has 2 fully saturated rings. The van der Waals surface area contributed by atoms with E-state index in [9.17, 15) is 14.4 Å². The van der Waals surface area contributed by atoms with E-state index in [0.717, 1.165) is 17.5 Å². The summed E-state index contributed by atoms with van der Waals surface area (Å²) in [5.74, 6) is -1.42. The van der Waals surface area contributed by atoms with E-state index in [1.54, 1.807) is 0 Å². The van der Waals surface area contributed by atoms with Crippen LogP contribution in [0.15, 0.2) is 60.7 Å². The van der Waals surface area contributed by atoms with Crippen molar-refractivity contribution >= 4 is 17.7 Å². The Hall–Kier alpha value is -2.99. The zero-order valence-electron chi connectivity index (χ0n) is 17.7. The third-order valence-electron chi connectivity index (χ3n) is 6.55. The van der Waals surface area contributed by atoms with Crippen molar-refractivity contribution in [3.63, 3.8) is 0 Å². The molecule has 3 atom stereocenters. The van der Waals surface area contributed by atoms with Crippen LogP contribution in [0.4, 0.5) is 0 Å². The standard InChI is InChI=1S/C25H27NO5/c1-30-24(29)25(15-23(28)31-17-19-10-6-3-7-11-19)21-13-12-20(14-22(25)27)26(21)16-18-8-4-2-5-9-18/h2-11,20-21H,12-17H2,1H3/t20-,21-,25+/m1/s1. The van der Waals surface area contributed by atoms with Gasteiger partial charge in [-0.1, -0.05) is 60.7 Å². The lowest BCUT2D eigenvalue weighted by Gasteiger charge is -2.45. The number of carbonyl (C=O) groups is 3. The molecule has 0 aliphatic carbocycles. The molecule has 2 heterocycles. The molecular weight excluding hydrogens is 394 g/mol. The predicted octanol–water partition coefficient (Wildman–Crippen LogP) is 3.29. The first kappa shape index (κ1) is 21.2. The number of fused-ring (bicyclic) bond motifs is 2. The SMILES string of the molecule is COC(=O)[C@]1(CC(=O)OCc2ccccc2)C(=O)C[C@H]2CC[C@H]1N2Cc1ccccc1. The molecule has 2 saturated heterocycles. The second kappa shape index (κ2) is 9.02. The van der Waals surface area contributed by atoms with Crippen molar-refractivity contribution < 1.29 is 23.9 Å². The predicted molar refractivity (Wildman–Crippen MR) is 114 cm³/mol. The quantitative estimate of drug-likeness (QED) is 0.505. The molecule has 2 aromatic rings. The highest BCUT2D eigenvalue weighted by Gasteiger charge is 2.62. The summed E-state index contributed by atoms with van der Waals surface area (Å²) in [6.45, 7) is 0.730. The first-order valence-electron chi connectivity index (χ1n) is 10.7. The maximum absolute atomic E-state index is 13.2. The van der Waals surface area contributed by atoms with Gasteiger partial charge in [-0.25, -0.2) is 0 Å². The molecule has 6 nitrogen and oxygen atoms in total. The molecular formula is C25H27NO5. The molecule has 2 bridgehead atoms. The van der Waals surface area contributed by atoms with E-state index < -0.39 is 17.4 Å². The summed E-state index contributed by atoms with van der Waals surface area (Å²) in [6.07, 6.45) is 1.43. The van der Waals surface area contributed by atoms with Gasteiger partial charge in [0, 0.05) is 25.0 Å². The van der Waals surface area contributed by atoms with E-state index in [-0.39, 0.29) is 37.3 Å². The Morgan fingerprint density at radius 3 is 2.29 bits per heavy atom. The number of Topliss-reactive ketones (excluding diaryl/α,β-unsaturated/α-hetero) is 1. The van der Waals surface area contributed by atoms with Crippen molar-refractivity contribution in [1.82, 2.24) is 4.90 Å². The summed E-state index contributed by atoms with van der Waals surface area (Å²) >= 11 is 0. The molecule has 0 radical (unpaired) electrons. The second-order valence-electron chi connectivity index (χ2n) is 8.32. The molecule has 0 N–H and O–H groups in total. The van der Waals surface area contributed by atoms with Crippen LogP contribution in [-0.4, -0.2) is 41.8 Å². The van der Waals surface area contributed by atoms with Crippen LogP contribution in [0.25, 0.3) is 0 Å². The van der Waals surface area contributed by atoms with Gasteiger partial charge in [-0.2, -0.15) is 0 Å². The highest BCUT2D eigenvalue weighted by Crippen LogP contribution is 2.48. The molecule has 2 aliphatic heterocycles. The number of methoxy groups -OCH3 is 1. The molecule has 31 heavy (non-hydrogen) atoms. The zero-order chi connectivity index (χ0) is 21.8. The second-order valence-corrected chi connectivity index (χ2v) is 8.32. The average Bonchev–Trinajstić information content (AvgIpc) is 3.11. The van der Waals surface area contributed by atoms with Crippen LogP contribution in [-0.2, 0) is 37.0 Å². The minimum absolute atomic E-state index is 0.0795. The highest BCUT2D eigenvalue weighted by atomic mass is 16.5. The number of benzene rings is 2. The Bertz CT molecular complexity index is 945. The van der Waals surface area contributed by atoms with Gasteiger partial charge in [-0.3, -0.25) is 19.3 Å². The van der Waals surface area contributed by atoms with Crippen molar-refractivity contribution in [2.24, 2.45) is 5.41 Å². The van der Waals surface area contributed by atoms with E-state index >= 15 is 0 Å². The van der Waals surface area contributed by atoms with Crippen LogP contribution in [0.5, 0.6) is 0 Å². The summed E-state index contributed by atoms with van der Waals surface area (Å²) in [7, 11) is 1.27. The van der Waals surface area contributed by atoms with E-state index in [0.29, 0.717) is 13.0 Å². The fourth-order valence-electron chi connectivity index (χ4n) is 5.04. The number of ether oxygens (including phenoxy) is 2. The van der Waals surface area contributed by atoms with Gasteiger partial charge < -0.3 is 9.47 Å². The minimum atomic E-state index is -1.52. The van der Waals surface area contributed by atoms with Gasteiger partial charge in [0.15, 0.2) is 11.2 Å². The summed E-state index contributed by atoms with van der Waals surface area (Å²) in [4.78, 5) is 41.3. The van der Waals surface area contributed by atoms with E-state index in [2.05, 4.69) is 4.90 Å². The smallest absolute Gasteiger partial charge is 0.321 e. The third kappa shape index (κ3) is 4.12. The van der Waals surface area contributed by atoms with Crippen molar-refractivity contribution in [3.8, 4) is 0 Å². The van der Waals surface area contributed by atoms with E-state index in [1.807, 2.05) is 60.7 Å².